The molecule has 1 aliphatic rings. The van der Waals surface area contributed by atoms with Crippen molar-refractivity contribution in [2.45, 2.75) is 52.5 Å². The molecule has 1 N–H and O–H groups in total. The standard InChI is InChI=1S/C15H29NO3/c1-12(2)7-10-19-11-13(3)6-9-16-8-4-5-14(16)15(17)18/h12-14H,4-11H2,1-3H3,(H,17,18). The first-order chi connectivity index (χ1) is 9.00. The minimum Gasteiger partial charge on any atom is -0.480 e. The second kappa shape index (κ2) is 8.54. The first kappa shape index (κ1) is 16.4. The molecule has 0 radical (unpaired) electrons. The third-order valence-electron chi connectivity index (χ3n) is 3.80. The number of nitrogens with zero attached hydrogens (tertiary/aromatic N) is 1. The van der Waals surface area contributed by atoms with Gasteiger partial charge in [-0.1, -0.05) is 20.8 Å². The Balaban J connectivity index is 2.12. The molecule has 0 aromatic heterocycles. The summed E-state index contributed by atoms with van der Waals surface area (Å²) in [6, 6.07) is -0.256. The summed E-state index contributed by atoms with van der Waals surface area (Å²) in [7, 11) is 0. The summed E-state index contributed by atoms with van der Waals surface area (Å²) in [6.45, 7) is 10.0. The lowest BCUT2D eigenvalue weighted by atomic mass is 10.1. The molecule has 2 atom stereocenters. The average Bonchev–Trinajstić information content (AvgIpc) is 2.80. The lowest BCUT2D eigenvalue weighted by Gasteiger charge is -2.22. The van der Waals surface area contributed by atoms with Crippen LogP contribution in [0, 0.1) is 11.8 Å². The van der Waals surface area contributed by atoms with E-state index in [4.69, 9.17) is 9.84 Å². The summed E-state index contributed by atoms with van der Waals surface area (Å²) in [4.78, 5) is 13.2. The van der Waals surface area contributed by atoms with Gasteiger partial charge in [0.05, 0.1) is 0 Å². The van der Waals surface area contributed by atoms with Gasteiger partial charge in [0, 0.05) is 13.2 Å². The number of likely N-dealkylation sites (tertiary alicyclic amines) is 1. The number of hydrogen-bond acceptors (Lipinski definition) is 3. The maximum absolute atomic E-state index is 11.1. The van der Waals surface area contributed by atoms with E-state index in [0.717, 1.165) is 52.0 Å². The van der Waals surface area contributed by atoms with Crippen LogP contribution in [-0.4, -0.2) is 48.3 Å². The highest BCUT2D eigenvalue weighted by Gasteiger charge is 2.29. The first-order valence-corrected chi connectivity index (χ1v) is 7.55. The van der Waals surface area contributed by atoms with Gasteiger partial charge in [0.25, 0.3) is 0 Å². The first-order valence-electron chi connectivity index (χ1n) is 7.55. The molecule has 1 heterocycles. The van der Waals surface area contributed by atoms with E-state index in [1.54, 1.807) is 0 Å². The van der Waals surface area contributed by atoms with E-state index in [1.807, 2.05) is 0 Å². The van der Waals surface area contributed by atoms with Crippen LogP contribution in [0.4, 0.5) is 0 Å². The lowest BCUT2D eigenvalue weighted by molar-refractivity contribution is -0.142. The second-order valence-corrected chi connectivity index (χ2v) is 6.18. The van der Waals surface area contributed by atoms with Crippen LogP contribution in [-0.2, 0) is 9.53 Å². The summed E-state index contributed by atoms with van der Waals surface area (Å²) >= 11 is 0. The number of carboxylic acids is 1. The van der Waals surface area contributed by atoms with E-state index in [1.165, 1.54) is 0 Å². The van der Waals surface area contributed by atoms with Gasteiger partial charge < -0.3 is 9.84 Å². The van der Waals surface area contributed by atoms with E-state index in [9.17, 15) is 4.79 Å². The monoisotopic (exact) mass is 271 g/mol. The fourth-order valence-corrected chi connectivity index (χ4v) is 2.45. The molecule has 1 rings (SSSR count). The molecule has 1 aliphatic heterocycles. The number of aliphatic carboxylic acids is 1. The SMILES string of the molecule is CC(C)CCOCC(C)CCN1CCCC1C(=O)O. The minimum atomic E-state index is -0.668. The van der Waals surface area contributed by atoms with Gasteiger partial charge in [0.1, 0.15) is 6.04 Å². The molecule has 112 valence electrons. The Bertz CT molecular complexity index is 268. The summed E-state index contributed by atoms with van der Waals surface area (Å²) in [5.74, 6) is 0.525. The van der Waals surface area contributed by atoms with E-state index in [-0.39, 0.29) is 6.04 Å². The Morgan fingerprint density at radius 1 is 1.37 bits per heavy atom. The average molecular weight is 271 g/mol. The zero-order chi connectivity index (χ0) is 14.3. The van der Waals surface area contributed by atoms with Crippen LogP contribution in [0.15, 0.2) is 0 Å². The van der Waals surface area contributed by atoms with Crippen LogP contribution in [0.5, 0.6) is 0 Å². The zero-order valence-corrected chi connectivity index (χ0v) is 12.6. The molecule has 4 nitrogen and oxygen atoms in total. The number of carboxylic acid groups (broad SMARTS) is 1. The van der Waals surface area contributed by atoms with Crippen molar-refractivity contribution in [3.8, 4) is 0 Å². The van der Waals surface area contributed by atoms with Crippen molar-refractivity contribution < 1.29 is 14.6 Å². The highest BCUT2D eigenvalue weighted by atomic mass is 16.5. The molecule has 0 amide bonds. The molecule has 0 aromatic carbocycles. The highest BCUT2D eigenvalue weighted by Crippen LogP contribution is 2.18. The predicted octanol–water partition coefficient (Wildman–Crippen LogP) is 2.62. The molecule has 0 bridgehead atoms. The molecule has 0 aromatic rings. The molecule has 1 saturated heterocycles. The van der Waals surface area contributed by atoms with Crippen LogP contribution >= 0.6 is 0 Å². The Morgan fingerprint density at radius 2 is 2.11 bits per heavy atom. The van der Waals surface area contributed by atoms with Crippen LogP contribution < -0.4 is 0 Å². The molecule has 0 aliphatic carbocycles. The fraction of sp³-hybridized carbons (Fsp3) is 0.933. The largest absolute Gasteiger partial charge is 0.480 e. The lowest BCUT2D eigenvalue weighted by Crippen LogP contribution is -2.37. The van der Waals surface area contributed by atoms with Gasteiger partial charge >= 0.3 is 5.97 Å². The molecular weight excluding hydrogens is 242 g/mol. The summed E-state index contributed by atoms with van der Waals surface area (Å²) < 4.78 is 5.66. The van der Waals surface area contributed by atoms with E-state index < -0.39 is 5.97 Å². The van der Waals surface area contributed by atoms with Gasteiger partial charge in [-0.3, -0.25) is 9.69 Å². The maximum Gasteiger partial charge on any atom is 0.320 e. The van der Waals surface area contributed by atoms with Gasteiger partial charge in [0.2, 0.25) is 0 Å². The number of carbonyl (C=O) groups is 1. The van der Waals surface area contributed by atoms with Crippen molar-refractivity contribution in [1.82, 2.24) is 4.90 Å². The van der Waals surface area contributed by atoms with Crippen LogP contribution in [0.2, 0.25) is 0 Å². The van der Waals surface area contributed by atoms with Gasteiger partial charge in [-0.2, -0.15) is 0 Å². The molecular formula is C15H29NO3. The van der Waals surface area contributed by atoms with Gasteiger partial charge in [-0.05, 0) is 50.6 Å². The molecule has 2 unspecified atom stereocenters. The van der Waals surface area contributed by atoms with E-state index in [2.05, 4.69) is 25.7 Å². The summed E-state index contributed by atoms with van der Waals surface area (Å²) in [6.07, 6.45) is 3.94. The third-order valence-corrected chi connectivity index (χ3v) is 3.80. The molecule has 1 fully saturated rings. The minimum absolute atomic E-state index is 0.256. The number of ether oxygens (including phenoxy) is 1. The Kier molecular flexibility index (Phi) is 7.39. The van der Waals surface area contributed by atoms with Crippen molar-refractivity contribution >= 4 is 5.97 Å². The predicted molar refractivity (Wildman–Crippen MR) is 76.3 cm³/mol. The highest BCUT2D eigenvalue weighted by molar-refractivity contribution is 5.73. The van der Waals surface area contributed by atoms with Crippen molar-refractivity contribution in [3.63, 3.8) is 0 Å². The van der Waals surface area contributed by atoms with Crippen molar-refractivity contribution in [3.05, 3.63) is 0 Å². The Hall–Kier alpha value is -0.610. The molecule has 0 saturated carbocycles. The topological polar surface area (TPSA) is 49.8 Å². The van der Waals surface area contributed by atoms with Crippen molar-refractivity contribution in [2.24, 2.45) is 11.8 Å². The number of rotatable bonds is 9. The summed E-state index contributed by atoms with van der Waals surface area (Å²) in [5.41, 5.74) is 0. The Morgan fingerprint density at radius 3 is 2.74 bits per heavy atom. The van der Waals surface area contributed by atoms with Crippen molar-refractivity contribution in [1.29, 1.82) is 0 Å². The molecule has 4 heteroatoms. The van der Waals surface area contributed by atoms with Gasteiger partial charge in [-0.15, -0.1) is 0 Å². The number of hydrogen-bond donors (Lipinski definition) is 1. The quantitative estimate of drug-likeness (QED) is 0.655. The van der Waals surface area contributed by atoms with Crippen LogP contribution in [0.3, 0.4) is 0 Å². The maximum atomic E-state index is 11.1. The van der Waals surface area contributed by atoms with Crippen molar-refractivity contribution in [2.75, 3.05) is 26.3 Å². The fourth-order valence-electron chi connectivity index (χ4n) is 2.45. The normalized spacial score (nSPS) is 22.0. The van der Waals surface area contributed by atoms with Gasteiger partial charge in [-0.25, -0.2) is 0 Å². The summed E-state index contributed by atoms with van der Waals surface area (Å²) in [5, 5.41) is 9.11. The van der Waals surface area contributed by atoms with Gasteiger partial charge in [0.15, 0.2) is 0 Å². The van der Waals surface area contributed by atoms with Crippen LogP contribution in [0.1, 0.15) is 46.5 Å². The Labute approximate surface area is 117 Å². The second-order valence-electron chi connectivity index (χ2n) is 6.18. The third kappa shape index (κ3) is 6.39. The molecule has 0 spiro atoms. The smallest absolute Gasteiger partial charge is 0.320 e. The van der Waals surface area contributed by atoms with E-state index in [0.29, 0.717) is 11.8 Å². The van der Waals surface area contributed by atoms with E-state index >= 15 is 0 Å². The van der Waals surface area contributed by atoms with Crippen LogP contribution in [0.25, 0.3) is 0 Å². The molecule has 19 heavy (non-hydrogen) atoms. The zero-order valence-electron chi connectivity index (χ0n) is 12.6.